The van der Waals surface area contributed by atoms with E-state index in [1.165, 1.54) is 140 Å². The largest absolute Gasteiger partial charge is 0.469 e. The molecule has 0 radical (unpaired) electrons. The molecule has 5 nitrogen and oxygen atoms in total. The van der Waals surface area contributed by atoms with Crippen molar-refractivity contribution in [1.29, 1.82) is 0 Å². The van der Waals surface area contributed by atoms with E-state index in [2.05, 4.69) is 46.2 Å². The predicted octanol–water partition coefficient (Wildman–Crippen LogP) is 11.2. The van der Waals surface area contributed by atoms with Crippen LogP contribution in [0.1, 0.15) is 176 Å². The van der Waals surface area contributed by atoms with E-state index in [-0.39, 0.29) is 19.0 Å². The lowest BCUT2D eigenvalue weighted by atomic mass is 10.1. The van der Waals surface area contributed by atoms with Gasteiger partial charge in [0.05, 0.1) is 33.3 Å². The molecule has 0 rings (SSSR count). The molecule has 0 amide bonds. The number of halogens is 1. The topological polar surface area (TPSA) is 66.8 Å². The fourth-order valence-electron chi connectivity index (χ4n) is 5.17. The number of phosphoric ester groups is 1. The Bertz CT molecular complexity index is 490. The van der Waals surface area contributed by atoms with E-state index in [9.17, 15) is 4.57 Å². The first-order chi connectivity index (χ1) is 18.6. The smallest absolute Gasteiger partial charge is 0.326 e. The third-order valence-electron chi connectivity index (χ3n) is 7.84. The molecule has 0 aliphatic heterocycles. The molecule has 0 unspecified atom stereocenters. The van der Waals surface area contributed by atoms with E-state index in [1.807, 2.05) is 0 Å². The summed E-state index contributed by atoms with van der Waals surface area (Å²) in [5, 5.41) is 0. The second kappa shape index (κ2) is 32.3. The van der Waals surface area contributed by atoms with Gasteiger partial charge in [0, 0.05) is 0 Å². The average molecular weight is 615 g/mol. The van der Waals surface area contributed by atoms with Gasteiger partial charge in [0.15, 0.2) is 0 Å². The van der Waals surface area contributed by atoms with Crippen molar-refractivity contribution in [2.75, 3.05) is 33.3 Å². The van der Waals surface area contributed by atoms with Crippen LogP contribution in [-0.4, -0.2) is 47.6 Å². The molecule has 246 valence electrons. The number of quaternary nitrogens is 1. The molecular weight excluding hydrogens is 541 g/mol. The first kappa shape index (κ1) is 44.8. The van der Waals surface area contributed by atoms with E-state index < -0.39 is 7.82 Å². The molecule has 0 aliphatic rings. The van der Waals surface area contributed by atoms with Gasteiger partial charge in [-0.1, -0.05) is 131 Å². The van der Waals surface area contributed by atoms with E-state index in [4.69, 9.17) is 9.79 Å². The van der Waals surface area contributed by atoms with E-state index in [1.54, 1.807) is 0 Å². The summed E-state index contributed by atoms with van der Waals surface area (Å²) < 4.78 is 15.9. The van der Waals surface area contributed by atoms with Crippen LogP contribution < -0.4 is 0 Å². The van der Waals surface area contributed by atoms with Crippen molar-refractivity contribution in [3.63, 3.8) is 0 Å². The second-order valence-electron chi connectivity index (χ2n) is 12.7. The summed E-state index contributed by atoms with van der Waals surface area (Å²) in [6.07, 6.45) is 29.8. The minimum Gasteiger partial charge on any atom is -0.326 e. The zero-order chi connectivity index (χ0) is 29.7. The fraction of sp³-hybridized carbons (Fsp3) is 1.00. The van der Waals surface area contributed by atoms with Crippen molar-refractivity contribution in [2.45, 2.75) is 176 Å². The number of nitrogens with zero attached hydrogens (tertiary/aromatic N) is 1. The minimum atomic E-state index is -4.23. The highest BCUT2D eigenvalue weighted by molar-refractivity contribution is 7.46. The van der Waals surface area contributed by atoms with Gasteiger partial charge in [0.25, 0.3) is 0 Å². The van der Waals surface area contributed by atoms with E-state index in [0.29, 0.717) is 5.92 Å². The summed E-state index contributed by atoms with van der Waals surface area (Å²) in [4.78, 5) is 16.7. The van der Waals surface area contributed by atoms with Gasteiger partial charge >= 0.3 is 7.82 Å². The molecule has 0 saturated heterocycles. The third-order valence-corrected chi connectivity index (χ3v) is 8.36. The highest BCUT2D eigenvalue weighted by Gasteiger charge is 2.20. The molecule has 0 aliphatic carbocycles. The summed E-state index contributed by atoms with van der Waals surface area (Å²) in [7, 11) is -1.67. The number of hydrogen-bond acceptors (Lipinski definition) is 2. The summed E-state index contributed by atoms with van der Waals surface area (Å²) in [5.41, 5.74) is 0. The molecule has 0 atom stereocenters. The SMILES string of the molecule is CC(C)CCCCCOP(=O)(O)O.CCCCCCCC[N+](C)(CCCCCCCC)CCCCCCCC.Cl. The molecule has 0 fully saturated rings. The van der Waals surface area contributed by atoms with Crippen LogP contribution in [0.15, 0.2) is 0 Å². The Balaban J connectivity index is -0.000000825. The van der Waals surface area contributed by atoms with Crippen LogP contribution in [0.25, 0.3) is 0 Å². The van der Waals surface area contributed by atoms with Crippen molar-refractivity contribution >= 4 is 20.2 Å². The summed E-state index contributed by atoms with van der Waals surface area (Å²) in [6, 6.07) is 0. The molecule has 0 aromatic rings. The maximum atomic E-state index is 10.2. The van der Waals surface area contributed by atoms with Crippen LogP contribution >= 0.6 is 20.2 Å². The summed E-state index contributed by atoms with van der Waals surface area (Å²) >= 11 is 0. The lowest BCUT2D eigenvalue weighted by Gasteiger charge is -2.35. The van der Waals surface area contributed by atoms with Crippen molar-refractivity contribution in [3.05, 3.63) is 0 Å². The van der Waals surface area contributed by atoms with Gasteiger partial charge in [-0.3, -0.25) is 4.52 Å². The maximum Gasteiger partial charge on any atom is 0.469 e. The van der Waals surface area contributed by atoms with Crippen LogP contribution in [0, 0.1) is 5.92 Å². The molecule has 2 N–H and O–H groups in total. The van der Waals surface area contributed by atoms with Gasteiger partial charge in [-0.25, -0.2) is 4.57 Å². The minimum absolute atomic E-state index is 0. The lowest BCUT2D eigenvalue weighted by Crippen LogP contribution is -2.46. The van der Waals surface area contributed by atoms with Crippen molar-refractivity contribution in [1.82, 2.24) is 0 Å². The number of rotatable bonds is 28. The molecule has 0 heterocycles. The maximum absolute atomic E-state index is 10.2. The molecule has 0 bridgehead atoms. The fourth-order valence-corrected chi connectivity index (χ4v) is 5.54. The Hall–Kier alpha value is 0.360. The van der Waals surface area contributed by atoms with Crippen molar-refractivity contribution < 1.29 is 23.4 Å². The molecule has 7 heteroatoms. The zero-order valence-corrected chi connectivity index (χ0v) is 29.7. The van der Waals surface area contributed by atoms with Crippen LogP contribution in [0.5, 0.6) is 0 Å². The Kier molecular flexibility index (Phi) is 36.1. The van der Waals surface area contributed by atoms with Gasteiger partial charge in [-0.2, -0.15) is 0 Å². The van der Waals surface area contributed by atoms with Crippen molar-refractivity contribution in [3.8, 4) is 0 Å². The highest BCUT2D eigenvalue weighted by Crippen LogP contribution is 2.35. The monoisotopic (exact) mass is 615 g/mol. The Labute approximate surface area is 258 Å². The standard InChI is InChI=1S/C25H54N.C8H19O4P.ClH/c1-5-8-11-14-17-20-23-26(4,24-21-18-15-12-9-6-2)25-22-19-16-13-10-7-3;1-8(2)6-4-3-5-7-12-13(9,10)11;/h5-25H2,1-4H3;8H,3-7H2,1-2H3,(H2,9,10,11);1H/q+1;;. The van der Waals surface area contributed by atoms with Gasteiger partial charge in [0.1, 0.15) is 0 Å². The molecule has 0 aromatic carbocycles. The first-order valence-electron chi connectivity index (χ1n) is 17.1. The normalized spacial score (nSPS) is 11.8. The number of hydrogen-bond donors (Lipinski definition) is 2. The van der Waals surface area contributed by atoms with Crippen LogP contribution in [0.3, 0.4) is 0 Å². The molecule has 0 saturated carbocycles. The molecule has 40 heavy (non-hydrogen) atoms. The Morgan fingerprint density at radius 3 is 1.23 bits per heavy atom. The van der Waals surface area contributed by atoms with Crippen LogP contribution in [0.4, 0.5) is 0 Å². The van der Waals surface area contributed by atoms with Crippen molar-refractivity contribution in [2.24, 2.45) is 5.92 Å². The van der Waals surface area contributed by atoms with Crippen LogP contribution in [0.2, 0.25) is 0 Å². The zero-order valence-electron chi connectivity index (χ0n) is 28.0. The Morgan fingerprint density at radius 1 is 0.575 bits per heavy atom. The molecular formula is C33H74ClNO4P+. The average Bonchev–Trinajstić information content (AvgIpc) is 2.87. The summed E-state index contributed by atoms with van der Waals surface area (Å²) in [5.74, 6) is 0.697. The number of phosphoric acid groups is 1. The molecule has 0 aromatic heterocycles. The predicted molar refractivity (Wildman–Crippen MR) is 179 cm³/mol. The van der Waals surface area contributed by atoms with Gasteiger partial charge in [0.2, 0.25) is 0 Å². The first-order valence-corrected chi connectivity index (χ1v) is 18.7. The number of unbranched alkanes of at least 4 members (excludes halogenated alkanes) is 17. The highest BCUT2D eigenvalue weighted by atomic mass is 35.5. The van der Waals surface area contributed by atoms with Gasteiger partial charge in [-0.05, 0) is 50.9 Å². The quantitative estimate of drug-likeness (QED) is 0.0522. The van der Waals surface area contributed by atoms with Gasteiger partial charge in [-0.15, -0.1) is 12.4 Å². The van der Waals surface area contributed by atoms with Gasteiger partial charge < -0.3 is 14.3 Å². The third kappa shape index (κ3) is 38.4. The lowest BCUT2D eigenvalue weighted by molar-refractivity contribution is -0.910. The van der Waals surface area contributed by atoms with Crippen LogP contribution in [-0.2, 0) is 9.09 Å². The summed E-state index contributed by atoms with van der Waals surface area (Å²) in [6.45, 7) is 15.7. The van der Waals surface area contributed by atoms with E-state index in [0.717, 1.165) is 25.7 Å². The Morgan fingerprint density at radius 2 is 0.900 bits per heavy atom. The second-order valence-corrected chi connectivity index (χ2v) is 13.9. The van der Waals surface area contributed by atoms with E-state index >= 15 is 0 Å². The molecule has 0 spiro atoms.